The van der Waals surface area contributed by atoms with Gasteiger partial charge in [-0.05, 0) is 54.8 Å². The highest BCUT2D eigenvalue weighted by atomic mass is 35.5. The summed E-state index contributed by atoms with van der Waals surface area (Å²) in [6, 6.07) is 8.53. The Bertz CT molecular complexity index is 1120. The Balaban J connectivity index is 1.47. The van der Waals surface area contributed by atoms with Crippen molar-refractivity contribution < 1.29 is 18.4 Å². The van der Waals surface area contributed by atoms with Gasteiger partial charge in [-0.3, -0.25) is 9.59 Å². The molecule has 34 heavy (non-hydrogen) atoms. The van der Waals surface area contributed by atoms with Crippen molar-refractivity contribution >= 4 is 75.5 Å². The average Bonchev–Trinajstić information content (AvgIpc) is 3.30. The summed E-state index contributed by atoms with van der Waals surface area (Å²) in [5.74, 6) is -5.19. The van der Waals surface area contributed by atoms with Crippen molar-refractivity contribution in [2.75, 3.05) is 5.32 Å². The Morgan fingerprint density at radius 3 is 2.32 bits per heavy atom. The highest BCUT2D eigenvalue weighted by Crippen LogP contribution is 2.65. The van der Waals surface area contributed by atoms with Crippen molar-refractivity contribution in [1.82, 2.24) is 5.32 Å². The van der Waals surface area contributed by atoms with Gasteiger partial charge in [0, 0.05) is 40.5 Å². The van der Waals surface area contributed by atoms with Crippen LogP contribution in [0.5, 0.6) is 0 Å². The summed E-state index contributed by atoms with van der Waals surface area (Å²) in [5, 5.41) is 6.22. The zero-order valence-corrected chi connectivity index (χ0v) is 21.3. The second kappa shape index (κ2) is 9.62. The molecule has 4 rings (SSSR count). The first-order valence-electron chi connectivity index (χ1n) is 10.5. The Kier molecular flexibility index (Phi) is 7.30. The van der Waals surface area contributed by atoms with E-state index in [9.17, 15) is 18.4 Å². The maximum absolute atomic E-state index is 13.7. The van der Waals surface area contributed by atoms with E-state index in [0.29, 0.717) is 28.5 Å². The molecule has 2 aliphatic rings. The summed E-state index contributed by atoms with van der Waals surface area (Å²) in [6.45, 7) is 0. The van der Waals surface area contributed by atoms with Crippen LogP contribution in [0, 0.1) is 5.92 Å². The molecule has 0 heterocycles. The summed E-state index contributed by atoms with van der Waals surface area (Å²) in [7, 11) is 0. The molecule has 0 radical (unpaired) electrons. The summed E-state index contributed by atoms with van der Waals surface area (Å²) < 4.78 is 26.0. The molecule has 0 bridgehead atoms. The number of nitrogens with one attached hydrogen (secondary N) is 2. The fraction of sp³-hybridized carbons (Fsp3) is 0.391. The number of halogens is 7. The van der Waals surface area contributed by atoms with Crippen LogP contribution in [0.2, 0.25) is 15.1 Å². The SMILES string of the molecule is O=C(NC1CCCC(F)(F)C1)c1cc(NC(=O)C2C(c3cc(Cl)cc(Cl)c3)C2(Cl)Cl)ccc1Cl. The van der Waals surface area contributed by atoms with E-state index < -0.39 is 46.4 Å². The summed E-state index contributed by atoms with van der Waals surface area (Å²) >= 11 is 31.0. The molecular weight excluding hydrogens is 552 g/mol. The number of hydrogen-bond acceptors (Lipinski definition) is 2. The van der Waals surface area contributed by atoms with Crippen LogP contribution in [0.3, 0.4) is 0 Å². The molecule has 2 aliphatic carbocycles. The van der Waals surface area contributed by atoms with Crippen LogP contribution in [0.15, 0.2) is 36.4 Å². The molecule has 4 nitrogen and oxygen atoms in total. The molecule has 2 N–H and O–H groups in total. The van der Waals surface area contributed by atoms with E-state index in [0.717, 1.165) is 0 Å². The second-order valence-corrected chi connectivity index (χ2v) is 11.4. The van der Waals surface area contributed by atoms with Crippen molar-refractivity contribution in [3.8, 4) is 0 Å². The second-order valence-electron chi connectivity index (χ2n) is 8.64. The van der Waals surface area contributed by atoms with Crippen LogP contribution in [-0.2, 0) is 4.79 Å². The molecule has 182 valence electrons. The topological polar surface area (TPSA) is 58.2 Å². The maximum atomic E-state index is 13.7. The van der Waals surface area contributed by atoms with Gasteiger partial charge in [0.15, 0.2) is 0 Å². The number of amides is 2. The van der Waals surface area contributed by atoms with Crippen molar-refractivity contribution in [1.29, 1.82) is 0 Å². The van der Waals surface area contributed by atoms with Crippen LogP contribution in [0.25, 0.3) is 0 Å². The first-order chi connectivity index (χ1) is 15.9. The van der Waals surface area contributed by atoms with Crippen LogP contribution >= 0.6 is 58.0 Å². The lowest BCUT2D eigenvalue weighted by atomic mass is 9.92. The predicted octanol–water partition coefficient (Wildman–Crippen LogP) is 7.48. The number of hydrogen-bond donors (Lipinski definition) is 2. The summed E-state index contributed by atoms with van der Waals surface area (Å²) in [6.07, 6.45) is 0.172. The Morgan fingerprint density at radius 1 is 1.00 bits per heavy atom. The van der Waals surface area contributed by atoms with E-state index in [-0.39, 0.29) is 22.7 Å². The van der Waals surface area contributed by atoms with Gasteiger partial charge in [0.2, 0.25) is 11.8 Å². The van der Waals surface area contributed by atoms with E-state index in [1.54, 1.807) is 18.2 Å². The van der Waals surface area contributed by atoms with Gasteiger partial charge >= 0.3 is 0 Å². The van der Waals surface area contributed by atoms with Crippen molar-refractivity contribution in [2.24, 2.45) is 5.92 Å². The molecule has 2 aromatic carbocycles. The lowest BCUT2D eigenvalue weighted by Gasteiger charge is -2.29. The molecule has 2 amide bonds. The number of alkyl halides is 4. The highest BCUT2D eigenvalue weighted by Gasteiger charge is 2.67. The number of anilines is 1. The molecule has 3 unspecified atom stereocenters. The Hall–Kier alpha value is -1.31. The third-order valence-electron chi connectivity index (χ3n) is 6.03. The average molecular weight is 571 g/mol. The minimum Gasteiger partial charge on any atom is -0.349 e. The first kappa shape index (κ1) is 25.8. The Labute approximate surface area is 220 Å². The van der Waals surface area contributed by atoms with E-state index in [1.165, 1.54) is 18.2 Å². The smallest absolute Gasteiger partial charge is 0.253 e. The van der Waals surface area contributed by atoms with E-state index >= 15 is 0 Å². The van der Waals surface area contributed by atoms with Crippen LogP contribution in [0.1, 0.15) is 47.5 Å². The van der Waals surface area contributed by atoms with Gasteiger partial charge in [-0.25, -0.2) is 8.78 Å². The molecule has 0 saturated heterocycles. The number of carbonyl (C=O) groups is 2. The lowest BCUT2D eigenvalue weighted by molar-refractivity contribution is -0.117. The van der Waals surface area contributed by atoms with Gasteiger partial charge in [0.1, 0.15) is 4.33 Å². The van der Waals surface area contributed by atoms with Crippen molar-refractivity contribution in [3.05, 3.63) is 62.6 Å². The molecule has 3 atom stereocenters. The fourth-order valence-electron chi connectivity index (χ4n) is 4.38. The number of rotatable bonds is 5. The monoisotopic (exact) mass is 568 g/mol. The van der Waals surface area contributed by atoms with Crippen molar-refractivity contribution in [2.45, 2.75) is 47.9 Å². The van der Waals surface area contributed by atoms with Gasteiger partial charge in [-0.2, -0.15) is 0 Å². The third kappa shape index (κ3) is 5.57. The third-order valence-corrected chi connectivity index (χ3v) is 7.74. The van der Waals surface area contributed by atoms with Crippen LogP contribution in [0.4, 0.5) is 14.5 Å². The van der Waals surface area contributed by atoms with Gasteiger partial charge in [-0.15, -0.1) is 23.2 Å². The molecule has 0 spiro atoms. The van der Waals surface area contributed by atoms with Gasteiger partial charge < -0.3 is 10.6 Å². The van der Waals surface area contributed by atoms with Gasteiger partial charge in [0.25, 0.3) is 5.91 Å². The minimum absolute atomic E-state index is 0.0605. The Morgan fingerprint density at radius 2 is 1.68 bits per heavy atom. The quantitative estimate of drug-likeness (QED) is 0.366. The normalized spacial score (nSPS) is 24.9. The van der Waals surface area contributed by atoms with E-state index in [4.69, 9.17) is 58.0 Å². The van der Waals surface area contributed by atoms with Gasteiger partial charge in [-0.1, -0.05) is 34.8 Å². The molecule has 2 saturated carbocycles. The van der Waals surface area contributed by atoms with Crippen LogP contribution < -0.4 is 10.6 Å². The molecular formula is C23H19Cl5F2N2O2. The summed E-state index contributed by atoms with van der Waals surface area (Å²) in [4.78, 5) is 25.6. The molecule has 0 aliphatic heterocycles. The molecule has 2 aromatic rings. The zero-order chi connectivity index (χ0) is 24.8. The molecule has 11 heteroatoms. The van der Waals surface area contributed by atoms with Crippen molar-refractivity contribution in [3.63, 3.8) is 0 Å². The fourth-order valence-corrected chi connectivity index (χ4v) is 5.95. The maximum Gasteiger partial charge on any atom is 0.253 e. The summed E-state index contributed by atoms with van der Waals surface area (Å²) in [5.41, 5.74) is 0.973. The lowest BCUT2D eigenvalue weighted by Crippen LogP contribution is -2.42. The highest BCUT2D eigenvalue weighted by molar-refractivity contribution is 6.53. The molecule has 0 aromatic heterocycles. The predicted molar refractivity (Wildman–Crippen MR) is 132 cm³/mol. The van der Waals surface area contributed by atoms with E-state index in [1.807, 2.05) is 0 Å². The minimum atomic E-state index is -2.81. The van der Waals surface area contributed by atoms with Crippen LogP contribution in [-0.4, -0.2) is 28.1 Å². The number of benzene rings is 2. The largest absolute Gasteiger partial charge is 0.349 e. The standard InChI is InChI=1S/C23H19Cl5F2N2O2/c24-12-6-11(7-13(25)8-12)18-19(23(18,27)28)21(34)31-14-3-4-17(26)16(9-14)20(33)32-15-2-1-5-22(29,30)10-15/h3-4,6-9,15,18-19H,1-2,5,10H2,(H,31,34)(H,32,33). The first-order valence-corrected chi connectivity index (χ1v) is 12.4. The van der Waals surface area contributed by atoms with Gasteiger partial charge in [0.05, 0.1) is 16.5 Å². The number of carbonyl (C=O) groups excluding carboxylic acids is 2. The zero-order valence-electron chi connectivity index (χ0n) is 17.5. The van der Waals surface area contributed by atoms with E-state index in [2.05, 4.69) is 10.6 Å². The molecule has 2 fully saturated rings.